The highest BCUT2D eigenvalue weighted by molar-refractivity contribution is 9.10. The fourth-order valence-corrected chi connectivity index (χ4v) is 3.23. The van der Waals surface area contributed by atoms with Gasteiger partial charge in [-0.2, -0.15) is 0 Å². The van der Waals surface area contributed by atoms with Gasteiger partial charge < -0.3 is 0 Å². The van der Waals surface area contributed by atoms with Gasteiger partial charge in [-0.3, -0.25) is 11.3 Å². The van der Waals surface area contributed by atoms with Crippen LogP contribution < -0.4 is 11.3 Å². The van der Waals surface area contributed by atoms with Crippen LogP contribution in [-0.2, 0) is 6.42 Å². The van der Waals surface area contributed by atoms with E-state index in [2.05, 4.69) is 32.8 Å². The fraction of sp³-hybridized carbons (Fsp3) is 0.167. The Hall–Kier alpha value is -0.390. The van der Waals surface area contributed by atoms with Gasteiger partial charge in [-0.1, -0.05) is 39.7 Å². The first kappa shape index (κ1) is 13.1. The van der Waals surface area contributed by atoms with Crippen LogP contribution in [-0.4, -0.2) is 0 Å². The fourth-order valence-electron chi connectivity index (χ4n) is 1.67. The van der Waals surface area contributed by atoms with E-state index in [1.807, 2.05) is 24.3 Å². The maximum atomic E-state index is 6.22. The van der Waals surface area contributed by atoms with E-state index in [0.29, 0.717) is 0 Å². The largest absolute Gasteiger partial charge is 0.271 e. The predicted molar refractivity (Wildman–Crippen MR) is 77.2 cm³/mol. The van der Waals surface area contributed by atoms with E-state index in [0.717, 1.165) is 21.5 Å². The van der Waals surface area contributed by atoms with Crippen LogP contribution in [0, 0.1) is 0 Å². The Bertz CT molecular complexity index is 487. The number of hydrogen-bond acceptors (Lipinski definition) is 3. The van der Waals surface area contributed by atoms with Crippen molar-refractivity contribution in [1.29, 1.82) is 0 Å². The molecule has 2 nitrogen and oxygen atoms in total. The Morgan fingerprint density at radius 3 is 2.82 bits per heavy atom. The Morgan fingerprint density at radius 2 is 2.24 bits per heavy atom. The number of halogens is 2. The molecule has 0 aliphatic carbocycles. The van der Waals surface area contributed by atoms with Crippen molar-refractivity contribution in [1.82, 2.24) is 5.43 Å². The van der Waals surface area contributed by atoms with Gasteiger partial charge in [0.1, 0.15) is 0 Å². The van der Waals surface area contributed by atoms with Gasteiger partial charge in [0.25, 0.3) is 0 Å². The maximum absolute atomic E-state index is 6.22. The molecule has 1 unspecified atom stereocenters. The lowest BCUT2D eigenvalue weighted by molar-refractivity contribution is 0.556. The minimum Gasteiger partial charge on any atom is -0.271 e. The molecule has 1 atom stereocenters. The Morgan fingerprint density at radius 1 is 1.41 bits per heavy atom. The maximum Gasteiger partial charge on any atom is 0.0522 e. The van der Waals surface area contributed by atoms with Crippen molar-refractivity contribution in [3.63, 3.8) is 0 Å². The second-order valence-corrected chi connectivity index (χ2v) is 6.02. The van der Waals surface area contributed by atoms with E-state index >= 15 is 0 Å². The summed E-state index contributed by atoms with van der Waals surface area (Å²) in [5.74, 6) is 5.61. The summed E-state index contributed by atoms with van der Waals surface area (Å²) in [6.07, 6.45) is 0.843. The van der Waals surface area contributed by atoms with Gasteiger partial charge in [0.2, 0.25) is 0 Å². The van der Waals surface area contributed by atoms with Crippen LogP contribution in [0.4, 0.5) is 0 Å². The zero-order chi connectivity index (χ0) is 12.3. The number of benzene rings is 1. The molecule has 17 heavy (non-hydrogen) atoms. The summed E-state index contributed by atoms with van der Waals surface area (Å²) in [7, 11) is 0. The molecule has 0 amide bonds. The molecule has 1 aromatic carbocycles. The molecule has 0 aliphatic rings. The molecule has 3 N–H and O–H groups in total. The van der Waals surface area contributed by atoms with Crippen molar-refractivity contribution in [3.05, 3.63) is 55.6 Å². The molecule has 0 spiro atoms. The van der Waals surface area contributed by atoms with E-state index in [1.165, 1.54) is 4.88 Å². The number of hydrogen-bond donors (Lipinski definition) is 2. The monoisotopic (exact) mass is 330 g/mol. The quantitative estimate of drug-likeness (QED) is 0.658. The minimum absolute atomic E-state index is 0.0363. The van der Waals surface area contributed by atoms with Crippen LogP contribution in [0.5, 0.6) is 0 Å². The average Bonchev–Trinajstić information content (AvgIpc) is 2.79. The molecule has 1 aromatic heterocycles. The lowest BCUT2D eigenvalue weighted by Gasteiger charge is -2.17. The topological polar surface area (TPSA) is 38.0 Å². The third kappa shape index (κ3) is 3.30. The number of nitrogens with one attached hydrogen (secondary N) is 1. The van der Waals surface area contributed by atoms with E-state index in [1.54, 1.807) is 11.3 Å². The lowest BCUT2D eigenvalue weighted by atomic mass is 10.0. The highest BCUT2D eigenvalue weighted by Crippen LogP contribution is 2.29. The minimum atomic E-state index is 0.0363. The molecular formula is C12H12BrClN2S. The van der Waals surface area contributed by atoms with Gasteiger partial charge in [-0.15, -0.1) is 11.3 Å². The van der Waals surface area contributed by atoms with E-state index < -0.39 is 0 Å². The standard InChI is InChI=1S/C12H12BrClN2S/c13-8-3-4-10(11(14)6-8)12(16-15)7-9-2-1-5-17-9/h1-6,12,16H,7,15H2. The summed E-state index contributed by atoms with van der Waals surface area (Å²) in [6.45, 7) is 0. The summed E-state index contributed by atoms with van der Waals surface area (Å²) in [6, 6.07) is 10.0. The zero-order valence-corrected chi connectivity index (χ0v) is 12.1. The average molecular weight is 332 g/mol. The molecular weight excluding hydrogens is 320 g/mol. The molecule has 2 rings (SSSR count). The number of nitrogens with two attached hydrogens (primary N) is 1. The molecule has 2 aromatic rings. The van der Waals surface area contributed by atoms with Gasteiger partial charge >= 0.3 is 0 Å². The Kier molecular flexibility index (Phi) is 4.59. The number of thiophene rings is 1. The number of hydrazine groups is 1. The van der Waals surface area contributed by atoms with E-state index in [4.69, 9.17) is 17.4 Å². The van der Waals surface area contributed by atoms with Crippen molar-refractivity contribution in [3.8, 4) is 0 Å². The van der Waals surface area contributed by atoms with Crippen LogP contribution >= 0.6 is 38.9 Å². The normalized spacial score (nSPS) is 12.6. The number of rotatable bonds is 4. The van der Waals surface area contributed by atoms with Gasteiger partial charge in [-0.25, -0.2) is 0 Å². The van der Waals surface area contributed by atoms with Crippen molar-refractivity contribution < 1.29 is 0 Å². The zero-order valence-electron chi connectivity index (χ0n) is 8.99. The van der Waals surface area contributed by atoms with Gasteiger partial charge in [-0.05, 0) is 29.1 Å². The van der Waals surface area contributed by atoms with Crippen LogP contribution in [0.1, 0.15) is 16.5 Å². The molecule has 0 saturated carbocycles. The Balaban J connectivity index is 2.23. The van der Waals surface area contributed by atoms with Crippen LogP contribution in [0.2, 0.25) is 5.02 Å². The second kappa shape index (κ2) is 5.98. The van der Waals surface area contributed by atoms with Crippen LogP contribution in [0.25, 0.3) is 0 Å². The van der Waals surface area contributed by atoms with Crippen molar-refractivity contribution in [2.24, 2.45) is 5.84 Å². The predicted octanol–water partition coefficient (Wildman–Crippen LogP) is 3.91. The smallest absolute Gasteiger partial charge is 0.0522 e. The summed E-state index contributed by atoms with van der Waals surface area (Å²) >= 11 is 11.3. The molecule has 0 bridgehead atoms. The SMILES string of the molecule is NNC(Cc1cccs1)c1ccc(Br)cc1Cl. The highest BCUT2D eigenvalue weighted by Gasteiger charge is 2.14. The molecule has 0 fully saturated rings. The molecule has 0 radical (unpaired) electrons. The molecule has 5 heteroatoms. The molecule has 0 aliphatic heterocycles. The van der Waals surface area contributed by atoms with Crippen LogP contribution in [0.15, 0.2) is 40.2 Å². The molecule has 1 heterocycles. The summed E-state index contributed by atoms with van der Waals surface area (Å²) in [5, 5.41) is 2.78. The summed E-state index contributed by atoms with van der Waals surface area (Å²) in [5.41, 5.74) is 3.84. The van der Waals surface area contributed by atoms with Crippen molar-refractivity contribution in [2.45, 2.75) is 12.5 Å². The van der Waals surface area contributed by atoms with Gasteiger partial charge in [0, 0.05) is 20.8 Å². The second-order valence-electron chi connectivity index (χ2n) is 3.67. The Labute approximate surface area is 118 Å². The highest BCUT2D eigenvalue weighted by atomic mass is 79.9. The first-order valence-corrected chi connectivity index (χ1v) is 7.19. The first-order valence-electron chi connectivity index (χ1n) is 5.14. The van der Waals surface area contributed by atoms with Crippen molar-refractivity contribution in [2.75, 3.05) is 0 Å². The third-order valence-electron chi connectivity index (χ3n) is 2.52. The molecule has 0 saturated heterocycles. The summed E-state index contributed by atoms with van der Waals surface area (Å²) in [4.78, 5) is 1.28. The lowest BCUT2D eigenvalue weighted by Crippen LogP contribution is -2.29. The van der Waals surface area contributed by atoms with Crippen LogP contribution in [0.3, 0.4) is 0 Å². The summed E-state index contributed by atoms with van der Waals surface area (Å²) < 4.78 is 0.971. The first-order chi connectivity index (χ1) is 8.20. The van der Waals surface area contributed by atoms with E-state index in [9.17, 15) is 0 Å². The van der Waals surface area contributed by atoms with Gasteiger partial charge in [0.15, 0.2) is 0 Å². The van der Waals surface area contributed by atoms with Gasteiger partial charge in [0.05, 0.1) is 6.04 Å². The third-order valence-corrected chi connectivity index (χ3v) is 4.24. The molecule has 90 valence electrons. The van der Waals surface area contributed by atoms with E-state index in [-0.39, 0.29) is 6.04 Å². The van der Waals surface area contributed by atoms with Crippen molar-refractivity contribution >= 4 is 38.9 Å².